The molecule has 2 nitrogen and oxygen atoms in total. The van der Waals surface area contributed by atoms with Crippen LogP contribution in [0.4, 0.5) is 4.39 Å². The minimum atomic E-state index is -0.309. The fourth-order valence-corrected chi connectivity index (χ4v) is 2.56. The highest BCUT2D eigenvalue weighted by atomic mass is 79.9. The minimum absolute atomic E-state index is 0.309. The Morgan fingerprint density at radius 2 is 2.11 bits per heavy atom. The smallest absolute Gasteiger partial charge is 0.170 e. The zero-order valence-corrected chi connectivity index (χ0v) is 12.2. The van der Waals surface area contributed by atoms with Gasteiger partial charge in [0.15, 0.2) is 11.4 Å². The monoisotopic (exact) mass is 313 g/mol. The van der Waals surface area contributed by atoms with Crippen LogP contribution in [0.25, 0.3) is 11.0 Å². The maximum absolute atomic E-state index is 13.8. The van der Waals surface area contributed by atoms with Gasteiger partial charge >= 0.3 is 0 Å². The molecule has 0 saturated carbocycles. The first-order chi connectivity index (χ1) is 8.67. The van der Waals surface area contributed by atoms with Crippen molar-refractivity contribution in [1.29, 1.82) is 0 Å². The van der Waals surface area contributed by atoms with E-state index in [1.165, 1.54) is 6.07 Å². The number of halogens is 2. The summed E-state index contributed by atoms with van der Waals surface area (Å²) in [5.74, 6) is 0.536. The van der Waals surface area contributed by atoms with Gasteiger partial charge in [0.25, 0.3) is 0 Å². The van der Waals surface area contributed by atoms with Crippen LogP contribution in [-0.4, -0.2) is 6.54 Å². The van der Waals surface area contributed by atoms with Crippen molar-refractivity contribution >= 4 is 26.9 Å². The first-order valence-corrected chi connectivity index (χ1v) is 7.06. The summed E-state index contributed by atoms with van der Waals surface area (Å²) in [5, 5.41) is 4.17. The van der Waals surface area contributed by atoms with Gasteiger partial charge < -0.3 is 9.73 Å². The molecule has 0 unspecified atom stereocenters. The molecule has 0 atom stereocenters. The number of furan rings is 1. The van der Waals surface area contributed by atoms with Crippen LogP contribution in [0.2, 0.25) is 0 Å². The molecular weight excluding hydrogens is 297 g/mol. The highest BCUT2D eigenvalue weighted by Gasteiger charge is 2.16. The van der Waals surface area contributed by atoms with Crippen molar-refractivity contribution in [2.24, 2.45) is 0 Å². The molecule has 1 heterocycles. The van der Waals surface area contributed by atoms with Gasteiger partial charge in [-0.3, -0.25) is 0 Å². The van der Waals surface area contributed by atoms with Gasteiger partial charge in [0.2, 0.25) is 0 Å². The van der Waals surface area contributed by atoms with Crippen molar-refractivity contribution in [3.8, 4) is 0 Å². The fourth-order valence-electron chi connectivity index (χ4n) is 2.13. The van der Waals surface area contributed by atoms with Crippen LogP contribution >= 0.6 is 15.9 Å². The molecule has 0 aliphatic carbocycles. The fraction of sp³-hybridized carbons (Fsp3) is 0.429. The minimum Gasteiger partial charge on any atom is -0.456 e. The summed E-state index contributed by atoms with van der Waals surface area (Å²) in [6.07, 6.45) is 1.91. The average Bonchev–Trinajstić information content (AvgIpc) is 2.67. The summed E-state index contributed by atoms with van der Waals surface area (Å²) in [6, 6.07) is 3.36. The van der Waals surface area contributed by atoms with Gasteiger partial charge in [-0.15, -0.1) is 0 Å². The zero-order valence-electron chi connectivity index (χ0n) is 10.6. The number of fused-ring (bicyclic) bond motifs is 1. The van der Waals surface area contributed by atoms with Crippen LogP contribution in [0.3, 0.4) is 0 Å². The van der Waals surface area contributed by atoms with E-state index < -0.39 is 0 Å². The summed E-state index contributed by atoms with van der Waals surface area (Å²) in [7, 11) is 0. The highest BCUT2D eigenvalue weighted by molar-refractivity contribution is 9.10. The zero-order chi connectivity index (χ0) is 13.1. The van der Waals surface area contributed by atoms with Gasteiger partial charge in [-0.25, -0.2) is 4.39 Å². The van der Waals surface area contributed by atoms with E-state index >= 15 is 0 Å². The molecule has 0 fully saturated rings. The number of hydrogen-bond acceptors (Lipinski definition) is 2. The molecule has 1 aromatic heterocycles. The van der Waals surface area contributed by atoms with Crippen molar-refractivity contribution in [2.45, 2.75) is 33.2 Å². The summed E-state index contributed by atoms with van der Waals surface area (Å²) < 4.78 is 20.2. The van der Waals surface area contributed by atoms with Crippen molar-refractivity contribution in [2.75, 3.05) is 6.54 Å². The van der Waals surface area contributed by atoms with Crippen molar-refractivity contribution in [3.05, 3.63) is 33.7 Å². The Labute approximate surface area is 115 Å². The van der Waals surface area contributed by atoms with Crippen LogP contribution in [0.15, 0.2) is 21.0 Å². The Kier molecular flexibility index (Phi) is 4.40. The Balaban J connectivity index is 2.44. The van der Waals surface area contributed by atoms with E-state index in [0.29, 0.717) is 12.1 Å². The lowest BCUT2D eigenvalue weighted by atomic mass is 10.1. The molecule has 0 spiro atoms. The maximum Gasteiger partial charge on any atom is 0.170 e. The van der Waals surface area contributed by atoms with Gasteiger partial charge in [0.1, 0.15) is 5.76 Å². The summed E-state index contributed by atoms with van der Waals surface area (Å²) >= 11 is 3.32. The van der Waals surface area contributed by atoms with E-state index in [-0.39, 0.29) is 5.82 Å². The van der Waals surface area contributed by atoms with E-state index in [1.807, 2.05) is 6.07 Å². The van der Waals surface area contributed by atoms with Crippen LogP contribution < -0.4 is 5.32 Å². The lowest BCUT2D eigenvalue weighted by molar-refractivity contribution is 0.490. The van der Waals surface area contributed by atoms with Gasteiger partial charge in [0, 0.05) is 15.4 Å². The maximum atomic E-state index is 13.8. The van der Waals surface area contributed by atoms with Crippen LogP contribution in [0.5, 0.6) is 0 Å². The second kappa shape index (κ2) is 5.85. The number of nitrogens with one attached hydrogen (secondary N) is 1. The highest BCUT2D eigenvalue weighted by Crippen LogP contribution is 2.31. The molecule has 0 saturated heterocycles. The molecule has 0 aliphatic rings. The van der Waals surface area contributed by atoms with Gasteiger partial charge in [-0.05, 0) is 31.5 Å². The lowest BCUT2D eigenvalue weighted by Crippen LogP contribution is -2.14. The largest absolute Gasteiger partial charge is 0.456 e. The van der Waals surface area contributed by atoms with Crippen LogP contribution in [0.1, 0.15) is 31.6 Å². The van der Waals surface area contributed by atoms with E-state index in [1.54, 1.807) is 0 Å². The number of rotatable bonds is 5. The van der Waals surface area contributed by atoms with Gasteiger partial charge in [0.05, 0.1) is 6.54 Å². The second-order valence-electron chi connectivity index (χ2n) is 4.30. The Hall–Kier alpha value is -0.870. The first-order valence-electron chi connectivity index (χ1n) is 6.27. The quantitative estimate of drug-likeness (QED) is 0.828. The SMILES string of the molecule is CCCNCc1oc2c(F)cc(Br)cc2c1CC. The van der Waals surface area contributed by atoms with Crippen LogP contribution in [-0.2, 0) is 13.0 Å². The molecule has 1 N–H and O–H groups in total. The van der Waals surface area contributed by atoms with Crippen molar-refractivity contribution < 1.29 is 8.81 Å². The predicted octanol–water partition coefficient (Wildman–Crippen LogP) is 4.40. The van der Waals surface area contributed by atoms with E-state index in [0.717, 1.165) is 40.6 Å². The molecule has 2 aromatic rings. The van der Waals surface area contributed by atoms with Crippen molar-refractivity contribution in [3.63, 3.8) is 0 Å². The summed E-state index contributed by atoms with van der Waals surface area (Å²) in [4.78, 5) is 0. The Morgan fingerprint density at radius 3 is 2.78 bits per heavy atom. The molecule has 0 bridgehead atoms. The normalized spacial score (nSPS) is 11.3. The molecule has 1 aromatic carbocycles. The molecular formula is C14H17BrFNO. The van der Waals surface area contributed by atoms with Gasteiger partial charge in [-0.1, -0.05) is 29.8 Å². The van der Waals surface area contributed by atoms with Gasteiger partial charge in [-0.2, -0.15) is 0 Å². The van der Waals surface area contributed by atoms with E-state index in [4.69, 9.17) is 4.42 Å². The number of hydrogen-bond donors (Lipinski definition) is 1. The van der Waals surface area contributed by atoms with Crippen LogP contribution in [0, 0.1) is 5.82 Å². The Morgan fingerprint density at radius 1 is 1.33 bits per heavy atom. The molecule has 4 heteroatoms. The second-order valence-corrected chi connectivity index (χ2v) is 5.21. The Bertz CT molecular complexity index is 550. The third-order valence-corrected chi connectivity index (χ3v) is 3.42. The number of aryl methyl sites for hydroxylation is 1. The standard InChI is InChI=1S/C14H17BrFNO/c1-3-5-17-8-13-10(4-2)11-6-9(15)7-12(16)14(11)18-13/h6-7,17H,3-5,8H2,1-2H3. The van der Waals surface area contributed by atoms with E-state index in [9.17, 15) is 4.39 Å². The van der Waals surface area contributed by atoms with E-state index in [2.05, 4.69) is 35.1 Å². The lowest BCUT2D eigenvalue weighted by Gasteiger charge is -2.01. The topological polar surface area (TPSA) is 25.2 Å². The molecule has 0 amide bonds. The van der Waals surface area contributed by atoms with Crippen molar-refractivity contribution in [1.82, 2.24) is 5.32 Å². The third-order valence-electron chi connectivity index (χ3n) is 2.96. The molecule has 98 valence electrons. The molecule has 2 rings (SSSR count). The number of benzene rings is 1. The molecule has 18 heavy (non-hydrogen) atoms. The average molecular weight is 314 g/mol. The third kappa shape index (κ3) is 2.59. The summed E-state index contributed by atoms with van der Waals surface area (Å²) in [5.41, 5.74) is 1.46. The molecule has 0 radical (unpaired) electrons. The molecule has 0 aliphatic heterocycles. The summed E-state index contributed by atoms with van der Waals surface area (Å²) in [6.45, 7) is 5.77. The predicted molar refractivity (Wildman–Crippen MR) is 75.2 cm³/mol. The first kappa shape index (κ1) is 13.6.